The molecule has 3 amide bonds. The van der Waals surface area contributed by atoms with Crippen molar-refractivity contribution in [1.82, 2.24) is 15.5 Å². The van der Waals surface area contributed by atoms with Crippen molar-refractivity contribution in [3.8, 4) is 0 Å². The summed E-state index contributed by atoms with van der Waals surface area (Å²) in [7, 11) is 0. The van der Waals surface area contributed by atoms with E-state index in [1.165, 1.54) is 12.1 Å². The molecule has 0 unspecified atom stereocenters. The average molecular weight is 370 g/mol. The fourth-order valence-electron chi connectivity index (χ4n) is 3.01. The van der Waals surface area contributed by atoms with Crippen molar-refractivity contribution in [3.63, 3.8) is 0 Å². The van der Waals surface area contributed by atoms with Gasteiger partial charge in [-0.05, 0) is 29.8 Å². The first kappa shape index (κ1) is 18.8. The molecule has 2 N–H and O–H groups in total. The highest BCUT2D eigenvalue weighted by atomic mass is 19.1. The molecule has 0 aliphatic carbocycles. The van der Waals surface area contributed by atoms with Crippen LogP contribution in [0.5, 0.6) is 0 Å². The number of amides is 3. The number of imide groups is 1. The number of benzene rings is 2. The van der Waals surface area contributed by atoms with Crippen molar-refractivity contribution in [3.05, 3.63) is 66.0 Å². The van der Waals surface area contributed by atoms with E-state index in [9.17, 15) is 14.0 Å². The first-order valence-electron chi connectivity index (χ1n) is 8.94. The molecule has 0 aromatic heterocycles. The van der Waals surface area contributed by atoms with Crippen LogP contribution in [0.4, 0.5) is 14.9 Å². The normalized spacial score (nSPS) is 14.6. The van der Waals surface area contributed by atoms with E-state index in [1.54, 1.807) is 12.1 Å². The van der Waals surface area contributed by atoms with Crippen LogP contribution in [0.3, 0.4) is 0 Å². The van der Waals surface area contributed by atoms with Gasteiger partial charge in [-0.1, -0.05) is 30.3 Å². The van der Waals surface area contributed by atoms with E-state index < -0.39 is 6.03 Å². The first-order valence-corrected chi connectivity index (χ1v) is 8.94. The molecule has 1 aliphatic rings. The zero-order valence-electron chi connectivity index (χ0n) is 15.0. The lowest BCUT2D eigenvalue weighted by atomic mass is 10.2. The number of carbonyl (C=O) groups is 2. The van der Waals surface area contributed by atoms with Crippen molar-refractivity contribution < 1.29 is 14.0 Å². The van der Waals surface area contributed by atoms with Crippen molar-refractivity contribution >= 4 is 17.6 Å². The number of urea groups is 1. The Morgan fingerprint density at radius 3 is 2.26 bits per heavy atom. The van der Waals surface area contributed by atoms with E-state index in [-0.39, 0.29) is 18.3 Å². The van der Waals surface area contributed by atoms with Crippen molar-refractivity contribution in [2.45, 2.75) is 6.54 Å². The van der Waals surface area contributed by atoms with Crippen LogP contribution in [0.1, 0.15) is 5.56 Å². The van der Waals surface area contributed by atoms with Crippen LogP contribution in [0.2, 0.25) is 0 Å². The third kappa shape index (κ3) is 5.79. The van der Waals surface area contributed by atoms with E-state index in [1.807, 2.05) is 35.2 Å². The lowest BCUT2D eigenvalue weighted by molar-refractivity contribution is -0.121. The number of nitrogens with zero attached hydrogens (tertiary/aromatic N) is 2. The Morgan fingerprint density at radius 1 is 0.926 bits per heavy atom. The lowest BCUT2D eigenvalue weighted by Crippen LogP contribution is -2.51. The molecule has 0 radical (unpaired) electrons. The van der Waals surface area contributed by atoms with Crippen LogP contribution in [0.15, 0.2) is 54.6 Å². The van der Waals surface area contributed by atoms with Crippen LogP contribution < -0.4 is 15.5 Å². The van der Waals surface area contributed by atoms with E-state index >= 15 is 0 Å². The fraction of sp³-hybridized carbons (Fsp3) is 0.300. The number of piperazine rings is 1. The van der Waals surface area contributed by atoms with Crippen LogP contribution in [0.25, 0.3) is 0 Å². The molecule has 0 bridgehead atoms. The third-order valence-corrected chi connectivity index (χ3v) is 4.48. The van der Waals surface area contributed by atoms with Gasteiger partial charge in [-0.2, -0.15) is 0 Å². The van der Waals surface area contributed by atoms with Gasteiger partial charge < -0.3 is 10.2 Å². The second-order valence-corrected chi connectivity index (χ2v) is 6.46. The predicted octanol–water partition coefficient (Wildman–Crippen LogP) is 1.97. The summed E-state index contributed by atoms with van der Waals surface area (Å²) in [5.74, 6) is -0.574. The van der Waals surface area contributed by atoms with Crippen molar-refractivity contribution in [2.75, 3.05) is 37.6 Å². The number of nitrogens with one attached hydrogen (secondary N) is 2. The maximum absolute atomic E-state index is 13.0. The van der Waals surface area contributed by atoms with Gasteiger partial charge in [-0.15, -0.1) is 0 Å². The summed E-state index contributed by atoms with van der Waals surface area (Å²) in [4.78, 5) is 28.0. The maximum Gasteiger partial charge on any atom is 0.321 e. The molecular formula is C20H23FN4O2. The molecule has 142 valence electrons. The molecule has 2 aromatic carbocycles. The summed E-state index contributed by atoms with van der Waals surface area (Å²) >= 11 is 0. The molecule has 1 aliphatic heterocycles. The quantitative estimate of drug-likeness (QED) is 0.845. The van der Waals surface area contributed by atoms with Crippen molar-refractivity contribution in [1.29, 1.82) is 0 Å². The molecule has 3 rings (SSSR count). The Balaban J connectivity index is 1.37. The van der Waals surface area contributed by atoms with Gasteiger partial charge in [0.2, 0.25) is 5.91 Å². The number of hydrogen-bond donors (Lipinski definition) is 2. The summed E-state index contributed by atoms with van der Waals surface area (Å²) in [6, 6.07) is 15.4. The monoisotopic (exact) mass is 370 g/mol. The minimum Gasteiger partial charge on any atom is -0.369 e. The Morgan fingerprint density at radius 2 is 1.59 bits per heavy atom. The third-order valence-electron chi connectivity index (χ3n) is 4.48. The first-order chi connectivity index (χ1) is 13.1. The minimum atomic E-state index is -0.492. The zero-order valence-corrected chi connectivity index (χ0v) is 15.0. The number of anilines is 1. The molecule has 1 saturated heterocycles. The molecule has 6 nitrogen and oxygen atoms in total. The maximum atomic E-state index is 13.0. The molecular weight excluding hydrogens is 347 g/mol. The van der Waals surface area contributed by atoms with Gasteiger partial charge >= 0.3 is 6.03 Å². The summed E-state index contributed by atoms with van der Waals surface area (Å²) < 4.78 is 13.0. The Hall–Kier alpha value is -2.93. The van der Waals surface area contributed by atoms with E-state index in [0.717, 1.165) is 24.3 Å². The highest BCUT2D eigenvalue weighted by molar-refractivity contribution is 5.95. The topological polar surface area (TPSA) is 64.7 Å². The average Bonchev–Trinajstić information content (AvgIpc) is 2.68. The smallest absolute Gasteiger partial charge is 0.321 e. The van der Waals surface area contributed by atoms with Gasteiger partial charge in [0, 0.05) is 38.4 Å². The van der Waals surface area contributed by atoms with Gasteiger partial charge in [0.15, 0.2) is 0 Å². The fourth-order valence-corrected chi connectivity index (χ4v) is 3.01. The van der Waals surface area contributed by atoms with Gasteiger partial charge in [0.1, 0.15) is 5.82 Å². The van der Waals surface area contributed by atoms with Gasteiger partial charge in [-0.25, -0.2) is 9.18 Å². The van der Waals surface area contributed by atoms with Crippen LogP contribution in [-0.4, -0.2) is 49.6 Å². The lowest BCUT2D eigenvalue weighted by Gasteiger charge is -2.35. The molecule has 0 spiro atoms. The van der Waals surface area contributed by atoms with E-state index in [4.69, 9.17) is 0 Å². The summed E-state index contributed by atoms with van der Waals surface area (Å²) in [6.07, 6.45) is 0. The van der Waals surface area contributed by atoms with Crippen LogP contribution >= 0.6 is 0 Å². The summed E-state index contributed by atoms with van der Waals surface area (Å²) in [5, 5.41) is 5.03. The molecule has 7 heteroatoms. The Bertz CT molecular complexity index is 759. The minimum absolute atomic E-state index is 0.177. The van der Waals surface area contributed by atoms with Crippen LogP contribution in [0, 0.1) is 5.82 Å². The molecule has 27 heavy (non-hydrogen) atoms. The standard InChI is InChI=1S/C20H23FN4O2/c21-17-6-8-18(9-7-17)25-12-10-24(11-13-25)15-19(26)23-20(27)22-14-16-4-2-1-3-5-16/h1-9H,10-15H2,(H2,22,23,26,27). The Kier molecular flexibility index (Phi) is 6.38. The van der Waals surface area contributed by atoms with Gasteiger partial charge in [0.05, 0.1) is 6.54 Å². The highest BCUT2D eigenvalue weighted by Crippen LogP contribution is 2.16. The SMILES string of the molecule is O=C(CN1CCN(c2ccc(F)cc2)CC1)NC(=O)NCc1ccccc1. The molecule has 2 aromatic rings. The number of rotatable bonds is 5. The van der Waals surface area contributed by atoms with E-state index in [0.29, 0.717) is 19.6 Å². The number of hydrogen-bond acceptors (Lipinski definition) is 4. The second kappa shape index (κ2) is 9.14. The molecule has 1 fully saturated rings. The molecule has 0 atom stereocenters. The van der Waals surface area contributed by atoms with E-state index in [2.05, 4.69) is 15.5 Å². The highest BCUT2D eigenvalue weighted by Gasteiger charge is 2.20. The van der Waals surface area contributed by atoms with Crippen LogP contribution in [-0.2, 0) is 11.3 Å². The summed E-state index contributed by atoms with van der Waals surface area (Å²) in [5.41, 5.74) is 1.94. The molecule has 1 heterocycles. The molecule has 0 saturated carbocycles. The predicted molar refractivity (Wildman–Crippen MR) is 102 cm³/mol. The van der Waals surface area contributed by atoms with Gasteiger partial charge in [-0.3, -0.25) is 15.0 Å². The number of halogens is 1. The largest absolute Gasteiger partial charge is 0.369 e. The second-order valence-electron chi connectivity index (χ2n) is 6.46. The van der Waals surface area contributed by atoms with Gasteiger partial charge in [0.25, 0.3) is 0 Å². The number of carbonyl (C=O) groups excluding carboxylic acids is 2. The Labute approximate surface area is 158 Å². The summed E-state index contributed by atoms with van der Waals surface area (Å²) in [6.45, 7) is 3.46. The zero-order chi connectivity index (χ0) is 19.1. The van der Waals surface area contributed by atoms with Crippen molar-refractivity contribution in [2.24, 2.45) is 0 Å².